The molecule has 4 N–H and O–H groups in total. The Morgan fingerprint density at radius 3 is 2.75 bits per heavy atom. The standard InChI is InChI=1S/C24H25IN4O7/c1-3-35-24(33)28-19(10-15-12-26-18-7-5-4-6-16(15)18)23(32)29-27-11-14-8-17(25)22(20(9-14)34-2)36-13-21(30)31/h4-9,11-12,19,26H,3,10,13H2,1-2H3,(H,28,33)(H,29,32)(H,30,31)/b27-11-/t19-/m1/s1. The highest BCUT2D eigenvalue weighted by atomic mass is 127. The summed E-state index contributed by atoms with van der Waals surface area (Å²) in [6.45, 7) is 1.32. The van der Waals surface area contributed by atoms with Crippen LogP contribution in [0.15, 0.2) is 47.7 Å². The molecule has 2 amide bonds. The summed E-state index contributed by atoms with van der Waals surface area (Å²) in [6.07, 6.45) is 2.70. The second-order valence-electron chi connectivity index (χ2n) is 7.43. The van der Waals surface area contributed by atoms with E-state index in [1.54, 1.807) is 25.3 Å². The van der Waals surface area contributed by atoms with E-state index in [0.717, 1.165) is 16.5 Å². The van der Waals surface area contributed by atoms with Crippen molar-refractivity contribution < 1.29 is 33.7 Å². The van der Waals surface area contributed by atoms with E-state index in [4.69, 9.17) is 19.3 Å². The van der Waals surface area contributed by atoms with Crippen LogP contribution in [0.3, 0.4) is 0 Å². The van der Waals surface area contributed by atoms with E-state index < -0.39 is 30.6 Å². The Morgan fingerprint density at radius 2 is 2.03 bits per heavy atom. The maximum absolute atomic E-state index is 12.9. The molecule has 1 aromatic heterocycles. The average Bonchev–Trinajstić information content (AvgIpc) is 3.25. The number of carboxylic acids is 1. The fraction of sp³-hybridized carbons (Fsp3) is 0.250. The summed E-state index contributed by atoms with van der Waals surface area (Å²) < 4.78 is 16.1. The molecule has 0 spiro atoms. The Bertz CT molecular complexity index is 1270. The van der Waals surface area contributed by atoms with Crippen LogP contribution in [0.25, 0.3) is 10.9 Å². The van der Waals surface area contributed by atoms with Crippen molar-refractivity contribution in [3.05, 3.63) is 57.3 Å². The molecule has 0 unspecified atom stereocenters. The Kier molecular flexibility index (Phi) is 9.50. The summed E-state index contributed by atoms with van der Waals surface area (Å²) in [5.74, 6) is -1.04. The summed E-state index contributed by atoms with van der Waals surface area (Å²) in [6, 6.07) is 9.99. The molecule has 0 bridgehead atoms. The van der Waals surface area contributed by atoms with E-state index in [1.165, 1.54) is 13.3 Å². The molecule has 190 valence electrons. The van der Waals surface area contributed by atoms with Gasteiger partial charge in [0.2, 0.25) is 0 Å². The number of H-pyrrole nitrogens is 1. The van der Waals surface area contributed by atoms with Crippen LogP contribution >= 0.6 is 22.6 Å². The van der Waals surface area contributed by atoms with E-state index in [0.29, 0.717) is 20.6 Å². The Balaban J connectivity index is 1.74. The third-order valence-corrected chi connectivity index (χ3v) is 5.76. The number of methoxy groups -OCH3 is 1. The van der Waals surface area contributed by atoms with Crippen molar-refractivity contribution in [1.82, 2.24) is 15.7 Å². The van der Waals surface area contributed by atoms with Gasteiger partial charge in [-0.05, 0) is 58.8 Å². The predicted molar refractivity (Wildman–Crippen MR) is 141 cm³/mol. The van der Waals surface area contributed by atoms with E-state index in [-0.39, 0.29) is 13.0 Å². The number of benzene rings is 2. The van der Waals surface area contributed by atoms with Crippen molar-refractivity contribution >= 4 is 57.7 Å². The molecular formula is C24H25IN4O7. The molecule has 0 radical (unpaired) electrons. The van der Waals surface area contributed by atoms with Crippen LogP contribution in [-0.2, 0) is 20.7 Å². The van der Waals surface area contributed by atoms with Crippen molar-refractivity contribution in [3.8, 4) is 11.5 Å². The molecule has 0 saturated carbocycles. The van der Waals surface area contributed by atoms with Gasteiger partial charge in [-0.15, -0.1) is 0 Å². The zero-order valence-electron chi connectivity index (χ0n) is 19.5. The zero-order valence-corrected chi connectivity index (χ0v) is 21.7. The van der Waals surface area contributed by atoms with Crippen LogP contribution in [0.1, 0.15) is 18.1 Å². The maximum atomic E-state index is 12.9. The zero-order chi connectivity index (χ0) is 26.1. The number of carbonyl (C=O) groups is 3. The number of hydrazone groups is 1. The minimum atomic E-state index is -1.11. The van der Waals surface area contributed by atoms with Crippen molar-refractivity contribution in [3.63, 3.8) is 0 Å². The number of aliphatic carboxylic acids is 1. The van der Waals surface area contributed by atoms with Crippen LogP contribution in [0.2, 0.25) is 0 Å². The molecule has 11 nitrogen and oxygen atoms in total. The van der Waals surface area contributed by atoms with E-state index in [9.17, 15) is 14.4 Å². The van der Waals surface area contributed by atoms with Gasteiger partial charge in [-0.25, -0.2) is 15.0 Å². The molecule has 3 aromatic rings. The number of para-hydroxylation sites is 1. The quantitative estimate of drug-likeness (QED) is 0.148. The van der Waals surface area contributed by atoms with Gasteiger partial charge < -0.3 is 29.6 Å². The summed E-state index contributed by atoms with van der Waals surface area (Å²) in [4.78, 5) is 38.9. The molecule has 0 saturated heterocycles. The van der Waals surface area contributed by atoms with Crippen LogP contribution in [0.5, 0.6) is 11.5 Å². The van der Waals surface area contributed by atoms with Gasteiger partial charge in [0.15, 0.2) is 18.1 Å². The van der Waals surface area contributed by atoms with Gasteiger partial charge in [-0.3, -0.25) is 4.79 Å². The summed E-state index contributed by atoms with van der Waals surface area (Å²) in [7, 11) is 1.43. The molecule has 36 heavy (non-hydrogen) atoms. The molecule has 12 heteroatoms. The molecular weight excluding hydrogens is 583 g/mol. The molecule has 3 rings (SSSR count). The molecule has 2 aromatic carbocycles. The molecule has 0 fully saturated rings. The number of aromatic amines is 1. The van der Waals surface area contributed by atoms with Crippen LogP contribution < -0.4 is 20.2 Å². The Hall–Kier alpha value is -3.81. The van der Waals surface area contributed by atoms with Gasteiger partial charge in [-0.1, -0.05) is 18.2 Å². The van der Waals surface area contributed by atoms with Crippen LogP contribution in [0.4, 0.5) is 4.79 Å². The predicted octanol–water partition coefficient (Wildman–Crippen LogP) is 3.05. The lowest BCUT2D eigenvalue weighted by atomic mass is 10.0. The molecule has 0 aliphatic rings. The van der Waals surface area contributed by atoms with Crippen LogP contribution in [0, 0.1) is 3.57 Å². The second kappa shape index (κ2) is 12.8. The number of fused-ring (bicyclic) bond motifs is 1. The normalized spacial score (nSPS) is 11.8. The van der Waals surface area contributed by atoms with Gasteiger partial charge in [0.1, 0.15) is 6.04 Å². The summed E-state index contributed by atoms with van der Waals surface area (Å²) in [5, 5.41) is 16.4. The second-order valence-corrected chi connectivity index (χ2v) is 8.59. The molecule has 1 heterocycles. The van der Waals surface area contributed by atoms with Crippen molar-refractivity contribution in [2.45, 2.75) is 19.4 Å². The third-order valence-electron chi connectivity index (χ3n) is 4.96. The third kappa shape index (κ3) is 7.10. The number of alkyl carbamates (subject to hydrolysis) is 1. The highest BCUT2D eigenvalue weighted by Crippen LogP contribution is 2.33. The van der Waals surface area contributed by atoms with E-state index >= 15 is 0 Å². The lowest BCUT2D eigenvalue weighted by molar-refractivity contribution is -0.139. The van der Waals surface area contributed by atoms with Gasteiger partial charge >= 0.3 is 12.1 Å². The molecule has 0 aliphatic heterocycles. The van der Waals surface area contributed by atoms with Gasteiger partial charge in [0, 0.05) is 23.5 Å². The number of halogens is 1. The Morgan fingerprint density at radius 1 is 1.25 bits per heavy atom. The lowest BCUT2D eigenvalue weighted by Gasteiger charge is -2.16. The number of nitrogens with one attached hydrogen (secondary N) is 3. The average molecular weight is 608 g/mol. The van der Waals surface area contributed by atoms with E-state index in [2.05, 4.69) is 20.8 Å². The largest absolute Gasteiger partial charge is 0.493 e. The van der Waals surface area contributed by atoms with Gasteiger partial charge in [0.05, 0.1) is 23.5 Å². The number of amides is 2. The maximum Gasteiger partial charge on any atom is 0.407 e. The first-order valence-electron chi connectivity index (χ1n) is 10.9. The van der Waals surface area contributed by atoms with Gasteiger partial charge in [-0.2, -0.15) is 5.10 Å². The number of hydrogen-bond acceptors (Lipinski definition) is 7. The number of carbonyl (C=O) groups excluding carboxylic acids is 2. The van der Waals surface area contributed by atoms with E-state index in [1.807, 2.05) is 46.9 Å². The number of aromatic nitrogens is 1. The number of ether oxygens (including phenoxy) is 3. The van der Waals surface area contributed by atoms with Crippen molar-refractivity contribution in [1.29, 1.82) is 0 Å². The molecule has 0 aliphatic carbocycles. The fourth-order valence-corrected chi connectivity index (χ4v) is 4.16. The minimum absolute atomic E-state index is 0.165. The van der Waals surface area contributed by atoms with Gasteiger partial charge in [0.25, 0.3) is 5.91 Å². The highest BCUT2D eigenvalue weighted by Gasteiger charge is 2.23. The highest BCUT2D eigenvalue weighted by molar-refractivity contribution is 14.1. The summed E-state index contributed by atoms with van der Waals surface area (Å²) in [5.41, 5.74) is 4.79. The number of hydrogen-bond donors (Lipinski definition) is 4. The first-order valence-corrected chi connectivity index (χ1v) is 11.9. The first-order chi connectivity index (χ1) is 17.3. The summed E-state index contributed by atoms with van der Waals surface area (Å²) >= 11 is 1.99. The van der Waals surface area contributed by atoms with Crippen LogP contribution in [-0.4, -0.2) is 60.6 Å². The number of rotatable bonds is 11. The monoisotopic (exact) mass is 608 g/mol. The SMILES string of the molecule is CCOC(=O)N[C@H](Cc1c[nH]c2ccccc12)C(=O)N/N=C\c1cc(I)c(OCC(=O)O)c(OC)c1. The minimum Gasteiger partial charge on any atom is -0.493 e. The first kappa shape index (κ1) is 26.8. The number of carboxylic acid groups (broad SMARTS) is 1. The number of nitrogens with zero attached hydrogens (tertiary/aromatic N) is 1. The topological polar surface area (TPSA) is 151 Å². The fourth-order valence-electron chi connectivity index (χ4n) is 3.38. The van der Waals surface area contributed by atoms with Crippen molar-refractivity contribution in [2.75, 3.05) is 20.3 Å². The molecule has 1 atom stereocenters. The Labute approximate surface area is 220 Å². The lowest BCUT2D eigenvalue weighted by Crippen LogP contribution is -2.47. The van der Waals surface area contributed by atoms with Crippen molar-refractivity contribution in [2.24, 2.45) is 5.10 Å². The smallest absolute Gasteiger partial charge is 0.407 e.